The summed E-state index contributed by atoms with van der Waals surface area (Å²) in [5.74, 6) is -2.34. The SMILES string of the molecule is C=CCNC(=O)C(=O)C(CC1CC1)NC(=O)[C@@H]1C[C@@H](C=C(C)C)CN1C(=O)[C@@H](NC(=O)N[C@H](CN1CCCS1(=O)=O)C(C)(C)C)C(C)(C)C. The van der Waals surface area contributed by atoms with E-state index in [2.05, 4.69) is 27.8 Å². The summed E-state index contributed by atoms with van der Waals surface area (Å²) in [4.78, 5) is 69.1. The average Bonchev–Trinajstić information content (AvgIpc) is 3.60. The van der Waals surface area contributed by atoms with E-state index in [1.54, 1.807) is 0 Å². The van der Waals surface area contributed by atoms with Gasteiger partial charge in [-0.15, -0.1) is 6.58 Å². The summed E-state index contributed by atoms with van der Waals surface area (Å²) in [6.07, 6.45) is 6.48. The van der Waals surface area contributed by atoms with Gasteiger partial charge in [0.25, 0.3) is 5.91 Å². The van der Waals surface area contributed by atoms with Crippen molar-refractivity contribution in [3.63, 3.8) is 0 Å². The van der Waals surface area contributed by atoms with Gasteiger partial charge in [-0.3, -0.25) is 19.2 Å². The summed E-state index contributed by atoms with van der Waals surface area (Å²) in [7, 11) is -3.39. The number of carbonyl (C=O) groups excluding carboxylic acids is 5. The number of amides is 5. The number of urea groups is 1. The molecular formula is C35H58N6O7S. The van der Waals surface area contributed by atoms with Gasteiger partial charge in [0.2, 0.25) is 27.6 Å². The third kappa shape index (κ3) is 11.4. The third-order valence-electron chi connectivity index (χ3n) is 9.35. The molecule has 2 heterocycles. The number of likely N-dealkylation sites (tertiary alicyclic amines) is 1. The Bertz CT molecular complexity index is 1410. The molecule has 14 heteroatoms. The van der Waals surface area contributed by atoms with Crippen molar-refractivity contribution in [2.75, 3.05) is 31.9 Å². The Morgan fingerprint density at radius 3 is 2.12 bits per heavy atom. The molecule has 0 radical (unpaired) electrons. The first kappa shape index (κ1) is 40.2. The van der Waals surface area contributed by atoms with E-state index in [9.17, 15) is 32.4 Å². The fourth-order valence-electron chi connectivity index (χ4n) is 6.33. The molecule has 2 aliphatic heterocycles. The van der Waals surface area contributed by atoms with Crippen LogP contribution in [-0.4, -0.2) is 103 Å². The van der Waals surface area contributed by atoms with Crippen molar-refractivity contribution in [1.82, 2.24) is 30.5 Å². The number of ketones is 1. The molecule has 5 amide bonds. The second-order valence-electron chi connectivity index (χ2n) is 16.2. The number of hydrogen-bond donors (Lipinski definition) is 4. The Morgan fingerprint density at radius 2 is 1.61 bits per heavy atom. The number of carbonyl (C=O) groups is 5. The summed E-state index contributed by atoms with van der Waals surface area (Å²) in [6.45, 7) is 19.5. The summed E-state index contributed by atoms with van der Waals surface area (Å²) in [6, 6.07) is -4.17. The normalized spacial score (nSPS) is 22.7. The lowest BCUT2D eigenvalue weighted by atomic mass is 9.85. The van der Waals surface area contributed by atoms with Gasteiger partial charge in [0.05, 0.1) is 11.8 Å². The number of Topliss-reactive ketones (excluding diaryl/α,β-unsaturated/α-hetero) is 1. The topological polar surface area (TPSA) is 174 Å². The molecule has 13 nitrogen and oxygen atoms in total. The van der Waals surface area contributed by atoms with E-state index >= 15 is 0 Å². The molecule has 0 bridgehead atoms. The zero-order chi connectivity index (χ0) is 36.9. The van der Waals surface area contributed by atoms with E-state index in [1.807, 2.05) is 61.5 Å². The molecule has 3 fully saturated rings. The number of allylic oxidation sites excluding steroid dienone is 1. The molecule has 4 N–H and O–H groups in total. The third-order valence-corrected chi connectivity index (χ3v) is 11.3. The van der Waals surface area contributed by atoms with Gasteiger partial charge in [-0.25, -0.2) is 13.2 Å². The molecule has 3 rings (SSSR count). The van der Waals surface area contributed by atoms with E-state index in [1.165, 1.54) is 15.3 Å². The number of hydrogen-bond acceptors (Lipinski definition) is 7. The molecule has 276 valence electrons. The second-order valence-corrected chi connectivity index (χ2v) is 18.3. The lowest BCUT2D eigenvalue weighted by molar-refractivity contribution is -0.143. The maximum atomic E-state index is 14.4. The summed E-state index contributed by atoms with van der Waals surface area (Å²) in [5.41, 5.74) is -0.242. The Kier molecular flexibility index (Phi) is 13.3. The number of nitrogens with one attached hydrogen (secondary N) is 4. The Labute approximate surface area is 292 Å². The molecule has 2 saturated heterocycles. The maximum absolute atomic E-state index is 14.4. The van der Waals surface area contributed by atoms with Gasteiger partial charge in [-0.1, -0.05) is 72.1 Å². The number of sulfonamides is 1. The van der Waals surface area contributed by atoms with Crippen LogP contribution in [0.15, 0.2) is 24.3 Å². The first-order chi connectivity index (χ1) is 22.6. The van der Waals surface area contributed by atoms with E-state index in [-0.39, 0.29) is 37.2 Å². The Hall–Kier alpha value is -3.26. The van der Waals surface area contributed by atoms with Crippen LogP contribution in [-0.2, 0) is 29.2 Å². The minimum Gasteiger partial charge on any atom is -0.346 e. The standard InChI is InChI=1S/C35H58N6O7S/c1-10-14-36-31(44)28(42)25(18-23-12-13-23)37-30(43)26-19-24(17-22(2)3)20-41(26)32(45)29(35(7,8)9)39-33(46)38-27(34(4,5)6)21-40-15-11-16-49(40,47)48/h10,17,23-27,29H,1,11-16,18-21H2,2-9H3,(H,36,44)(H,37,43)(H2,38,39,46)/t24-,25?,26+,27-,29-/m1/s1. The quantitative estimate of drug-likeness (QED) is 0.159. The zero-order valence-electron chi connectivity index (χ0n) is 30.6. The average molecular weight is 707 g/mol. The minimum absolute atomic E-state index is 0.0764. The fourth-order valence-corrected chi connectivity index (χ4v) is 7.87. The highest BCUT2D eigenvalue weighted by Crippen LogP contribution is 2.34. The van der Waals surface area contributed by atoms with Crippen molar-refractivity contribution < 1.29 is 32.4 Å². The fraction of sp³-hybridized carbons (Fsp3) is 0.743. The first-order valence-corrected chi connectivity index (χ1v) is 19.0. The maximum Gasteiger partial charge on any atom is 0.315 e. The van der Waals surface area contributed by atoms with E-state index in [0.717, 1.165) is 18.4 Å². The van der Waals surface area contributed by atoms with Crippen molar-refractivity contribution >= 4 is 39.6 Å². The van der Waals surface area contributed by atoms with Crippen molar-refractivity contribution in [3.05, 3.63) is 24.3 Å². The summed E-state index contributed by atoms with van der Waals surface area (Å²) in [5, 5.41) is 11.1. The molecule has 1 saturated carbocycles. The van der Waals surface area contributed by atoms with Crippen LogP contribution in [0.25, 0.3) is 0 Å². The molecule has 0 aromatic rings. The van der Waals surface area contributed by atoms with E-state index < -0.39 is 74.6 Å². The molecule has 0 spiro atoms. The largest absolute Gasteiger partial charge is 0.346 e. The van der Waals surface area contributed by atoms with Gasteiger partial charge in [0.15, 0.2) is 0 Å². The van der Waals surface area contributed by atoms with Gasteiger partial charge in [-0.05, 0) is 55.8 Å². The predicted octanol–water partition coefficient (Wildman–Crippen LogP) is 2.49. The van der Waals surface area contributed by atoms with Gasteiger partial charge in [0, 0.05) is 32.2 Å². The van der Waals surface area contributed by atoms with Gasteiger partial charge < -0.3 is 26.2 Å². The van der Waals surface area contributed by atoms with Crippen LogP contribution in [0.5, 0.6) is 0 Å². The molecule has 0 aromatic heterocycles. The van der Waals surface area contributed by atoms with Gasteiger partial charge >= 0.3 is 6.03 Å². The van der Waals surface area contributed by atoms with Crippen LogP contribution in [0.3, 0.4) is 0 Å². The lowest BCUT2D eigenvalue weighted by Gasteiger charge is -2.37. The number of nitrogens with zero attached hydrogens (tertiary/aromatic N) is 2. The molecule has 1 aliphatic carbocycles. The minimum atomic E-state index is -3.39. The summed E-state index contributed by atoms with van der Waals surface area (Å²) < 4.78 is 26.5. The van der Waals surface area contributed by atoms with Crippen molar-refractivity contribution in [2.24, 2.45) is 22.7 Å². The van der Waals surface area contributed by atoms with E-state index in [4.69, 9.17) is 0 Å². The van der Waals surface area contributed by atoms with Crippen molar-refractivity contribution in [3.8, 4) is 0 Å². The number of rotatable bonds is 14. The van der Waals surface area contributed by atoms with Crippen LogP contribution in [0.1, 0.15) is 87.5 Å². The lowest BCUT2D eigenvalue weighted by Crippen LogP contribution is -2.62. The molecular weight excluding hydrogens is 648 g/mol. The molecule has 5 atom stereocenters. The highest BCUT2D eigenvalue weighted by Gasteiger charge is 2.46. The predicted molar refractivity (Wildman–Crippen MR) is 189 cm³/mol. The highest BCUT2D eigenvalue weighted by atomic mass is 32.2. The van der Waals surface area contributed by atoms with Crippen LogP contribution < -0.4 is 21.3 Å². The second kappa shape index (κ2) is 16.2. The van der Waals surface area contributed by atoms with Crippen molar-refractivity contribution in [1.29, 1.82) is 0 Å². The van der Waals surface area contributed by atoms with Crippen LogP contribution in [0.2, 0.25) is 0 Å². The van der Waals surface area contributed by atoms with E-state index in [0.29, 0.717) is 25.8 Å². The van der Waals surface area contributed by atoms with Crippen LogP contribution in [0, 0.1) is 22.7 Å². The zero-order valence-corrected chi connectivity index (χ0v) is 31.4. The summed E-state index contributed by atoms with van der Waals surface area (Å²) >= 11 is 0. The highest BCUT2D eigenvalue weighted by molar-refractivity contribution is 7.89. The van der Waals surface area contributed by atoms with Gasteiger partial charge in [-0.2, -0.15) is 4.31 Å². The molecule has 1 unspecified atom stereocenters. The van der Waals surface area contributed by atoms with Crippen LogP contribution >= 0.6 is 0 Å². The van der Waals surface area contributed by atoms with Crippen LogP contribution in [0.4, 0.5) is 4.79 Å². The Balaban J connectivity index is 1.84. The monoisotopic (exact) mass is 706 g/mol. The smallest absolute Gasteiger partial charge is 0.315 e. The van der Waals surface area contributed by atoms with Gasteiger partial charge in [0.1, 0.15) is 12.1 Å². The molecule has 0 aromatic carbocycles. The Morgan fingerprint density at radius 1 is 0.959 bits per heavy atom. The molecule has 49 heavy (non-hydrogen) atoms. The van der Waals surface area contributed by atoms with Crippen molar-refractivity contribution in [2.45, 2.75) is 112 Å². The molecule has 3 aliphatic rings. The first-order valence-electron chi connectivity index (χ1n) is 17.4.